The summed E-state index contributed by atoms with van der Waals surface area (Å²) in [6.07, 6.45) is 0. The average molecular weight is 238 g/mol. The van der Waals surface area contributed by atoms with Gasteiger partial charge in [0.1, 0.15) is 0 Å². The summed E-state index contributed by atoms with van der Waals surface area (Å²) >= 11 is 0. The highest BCUT2D eigenvalue weighted by Crippen LogP contribution is 2.27. The molecule has 0 aromatic heterocycles. The second-order valence-corrected chi connectivity index (χ2v) is 7.98. The first-order valence-corrected chi connectivity index (χ1v) is 8.25. The summed E-state index contributed by atoms with van der Waals surface area (Å²) in [5.74, 6) is -0.758. The molecule has 1 atom stereocenters. The van der Waals surface area contributed by atoms with Gasteiger partial charge in [-0.3, -0.25) is 4.79 Å². The smallest absolute Gasteiger partial charge is 0.310 e. The number of rotatable bonds is 4. The Morgan fingerprint density at radius 1 is 1.31 bits per heavy atom. The van der Waals surface area contributed by atoms with Gasteiger partial charge in [0.05, 0.1) is 20.4 Å². The lowest BCUT2D eigenvalue weighted by atomic mass is 9.99. The first-order valence-electron chi connectivity index (χ1n) is 5.36. The zero-order chi connectivity index (χ0) is 12.3. The summed E-state index contributed by atoms with van der Waals surface area (Å²) < 4.78 is 0. The number of aliphatic hydroxyl groups excluding tert-OH is 1. The fourth-order valence-corrected chi connectivity index (χ4v) is 3.01. The van der Waals surface area contributed by atoms with E-state index in [9.17, 15) is 9.90 Å². The Morgan fingerprint density at radius 3 is 2.12 bits per heavy atom. The van der Waals surface area contributed by atoms with Gasteiger partial charge >= 0.3 is 5.97 Å². The molecule has 0 spiro atoms. The lowest BCUT2D eigenvalue weighted by Gasteiger charge is -2.28. The normalized spacial score (nSPS) is 14.8. The predicted octanol–water partition coefficient (Wildman–Crippen LogP) is 1.55. The van der Waals surface area contributed by atoms with Gasteiger partial charge < -0.3 is 10.2 Å². The number of aliphatic carboxylic acids is 1. The number of carbonyl (C=O) groups is 1. The number of hydrogen-bond acceptors (Lipinski definition) is 2. The van der Waals surface area contributed by atoms with E-state index in [2.05, 4.69) is 0 Å². The van der Waals surface area contributed by atoms with Gasteiger partial charge in [0.25, 0.3) is 0 Å². The fourth-order valence-electron chi connectivity index (χ4n) is 1.66. The van der Waals surface area contributed by atoms with Gasteiger partial charge in [-0.2, -0.15) is 0 Å². The van der Waals surface area contributed by atoms with Crippen LogP contribution in [0.3, 0.4) is 0 Å². The highest BCUT2D eigenvalue weighted by Gasteiger charge is 2.38. The molecule has 88 valence electrons. The van der Waals surface area contributed by atoms with Crippen molar-refractivity contribution in [2.24, 2.45) is 0 Å². The lowest BCUT2D eigenvalue weighted by Crippen LogP contribution is -2.44. The summed E-state index contributed by atoms with van der Waals surface area (Å²) in [6.45, 7) is 5.85. The van der Waals surface area contributed by atoms with Crippen molar-refractivity contribution in [2.75, 3.05) is 0 Å². The van der Waals surface area contributed by atoms with E-state index >= 15 is 0 Å². The topological polar surface area (TPSA) is 57.5 Å². The molecule has 1 rings (SSSR count). The molecule has 0 radical (unpaired) electrons. The Bertz CT molecular complexity index is 372. The minimum Gasteiger partial charge on any atom is -0.481 e. The molecule has 0 aliphatic rings. The highest BCUT2D eigenvalue weighted by atomic mass is 28.3. The second-order valence-electron chi connectivity index (χ2n) is 4.52. The third kappa shape index (κ3) is 2.17. The minimum atomic E-state index is -1.37. The third-order valence-corrected chi connectivity index (χ3v) is 6.22. The molecule has 0 aliphatic carbocycles. The van der Waals surface area contributed by atoms with Crippen LogP contribution in [0, 0.1) is 0 Å². The summed E-state index contributed by atoms with van der Waals surface area (Å²) in [4.78, 5) is 11.4. The van der Waals surface area contributed by atoms with Gasteiger partial charge in [0.2, 0.25) is 0 Å². The van der Waals surface area contributed by atoms with E-state index in [1.807, 2.05) is 25.2 Å². The Labute approximate surface area is 97.3 Å². The van der Waals surface area contributed by atoms with Crippen molar-refractivity contribution in [2.45, 2.75) is 31.7 Å². The highest BCUT2D eigenvalue weighted by molar-refractivity contribution is 6.63. The van der Waals surface area contributed by atoms with Crippen LogP contribution in [-0.2, 0) is 16.4 Å². The molecule has 16 heavy (non-hydrogen) atoms. The quantitative estimate of drug-likeness (QED) is 0.782. The number of carboxylic acids is 1. The zero-order valence-electron chi connectivity index (χ0n) is 9.90. The molecule has 2 N–H and O–H groups in total. The van der Waals surface area contributed by atoms with Crippen molar-refractivity contribution >= 4 is 14.8 Å². The van der Waals surface area contributed by atoms with Gasteiger partial charge in [-0.15, -0.1) is 0 Å². The van der Waals surface area contributed by atoms with E-state index < -0.39 is 19.8 Å². The Morgan fingerprint density at radius 2 is 1.81 bits per heavy atom. The van der Waals surface area contributed by atoms with Gasteiger partial charge in [-0.1, -0.05) is 37.4 Å². The standard InChI is InChI=1S/C12H18O3Si/c1-12(11(14)15,16(2)3)10-6-4-9(8-13)5-7-10/h4-7,13,16H,8H2,1-3H3,(H,14,15). The van der Waals surface area contributed by atoms with E-state index in [4.69, 9.17) is 5.11 Å². The van der Waals surface area contributed by atoms with E-state index in [0.29, 0.717) is 0 Å². The Balaban J connectivity index is 3.17. The van der Waals surface area contributed by atoms with Gasteiger partial charge in [0.15, 0.2) is 0 Å². The van der Waals surface area contributed by atoms with Gasteiger partial charge in [-0.25, -0.2) is 0 Å². The molecule has 0 heterocycles. The molecule has 4 heteroatoms. The summed E-state index contributed by atoms with van der Waals surface area (Å²) in [6, 6.07) is 7.19. The predicted molar refractivity (Wildman–Crippen MR) is 66.2 cm³/mol. The first-order chi connectivity index (χ1) is 7.42. The number of benzene rings is 1. The molecule has 0 saturated carbocycles. The Kier molecular flexibility index (Phi) is 3.88. The van der Waals surface area contributed by atoms with Crippen LogP contribution in [0.4, 0.5) is 0 Å². The summed E-state index contributed by atoms with van der Waals surface area (Å²) in [7, 11) is -1.37. The SMILES string of the molecule is C[SiH](C)C(C)(C(=O)O)c1ccc(CO)cc1. The van der Waals surface area contributed by atoms with E-state index in [-0.39, 0.29) is 6.61 Å². The molecule has 1 unspecified atom stereocenters. The lowest BCUT2D eigenvalue weighted by molar-refractivity contribution is -0.140. The maximum atomic E-state index is 11.4. The molecular formula is C12H18O3Si. The van der Waals surface area contributed by atoms with Gasteiger partial charge in [-0.05, 0) is 18.1 Å². The fraction of sp³-hybridized carbons (Fsp3) is 0.417. The molecule has 0 amide bonds. The largest absolute Gasteiger partial charge is 0.481 e. The zero-order valence-corrected chi connectivity index (χ0v) is 11.1. The van der Waals surface area contributed by atoms with E-state index in [0.717, 1.165) is 11.1 Å². The van der Waals surface area contributed by atoms with Crippen LogP contribution >= 0.6 is 0 Å². The summed E-state index contributed by atoms with van der Waals surface area (Å²) in [5, 5.41) is 17.6. The third-order valence-electron chi connectivity index (χ3n) is 3.34. The van der Waals surface area contributed by atoms with Crippen molar-refractivity contribution in [3.05, 3.63) is 35.4 Å². The molecule has 3 nitrogen and oxygen atoms in total. The molecule has 0 saturated heterocycles. The van der Waals surface area contributed by atoms with Crippen molar-refractivity contribution < 1.29 is 15.0 Å². The minimum absolute atomic E-state index is 0.0107. The summed E-state index contributed by atoms with van der Waals surface area (Å²) in [5.41, 5.74) is 1.64. The molecule has 1 aromatic rings. The van der Waals surface area contributed by atoms with Crippen LogP contribution in [0.5, 0.6) is 0 Å². The molecular weight excluding hydrogens is 220 g/mol. The number of carboxylic acid groups (broad SMARTS) is 1. The van der Waals surface area contributed by atoms with Crippen LogP contribution in [0.2, 0.25) is 13.1 Å². The van der Waals surface area contributed by atoms with Crippen molar-refractivity contribution in [1.29, 1.82) is 0 Å². The van der Waals surface area contributed by atoms with Crippen molar-refractivity contribution in [3.63, 3.8) is 0 Å². The molecule has 0 fully saturated rings. The maximum Gasteiger partial charge on any atom is 0.310 e. The van der Waals surface area contributed by atoms with E-state index in [1.165, 1.54) is 0 Å². The van der Waals surface area contributed by atoms with Gasteiger partial charge in [0, 0.05) is 0 Å². The number of aliphatic hydroxyl groups is 1. The second kappa shape index (κ2) is 4.80. The first kappa shape index (κ1) is 12.9. The van der Waals surface area contributed by atoms with Crippen LogP contribution in [0.15, 0.2) is 24.3 Å². The van der Waals surface area contributed by atoms with Crippen LogP contribution in [-0.4, -0.2) is 25.0 Å². The monoisotopic (exact) mass is 238 g/mol. The molecule has 0 bridgehead atoms. The molecule has 1 aromatic carbocycles. The maximum absolute atomic E-state index is 11.4. The Hall–Kier alpha value is -1.13. The van der Waals surface area contributed by atoms with Crippen molar-refractivity contribution in [1.82, 2.24) is 0 Å². The van der Waals surface area contributed by atoms with Crippen molar-refractivity contribution in [3.8, 4) is 0 Å². The molecule has 0 aliphatic heterocycles. The van der Waals surface area contributed by atoms with Crippen LogP contribution in [0.25, 0.3) is 0 Å². The van der Waals surface area contributed by atoms with E-state index in [1.54, 1.807) is 19.1 Å². The van der Waals surface area contributed by atoms with Crippen LogP contribution in [0.1, 0.15) is 18.1 Å². The average Bonchev–Trinajstić information content (AvgIpc) is 2.27. The van der Waals surface area contributed by atoms with Crippen LogP contribution < -0.4 is 0 Å². The number of hydrogen-bond donors (Lipinski definition) is 2.